The number of H-pyrrole nitrogens is 1. The number of aliphatic hydroxyl groups excluding tert-OH is 1. The number of ether oxygens (including phenoxy) is 1. The molecule has 0 bridgehead atoms. The Bertz CT molecular complexity index is 522. The van der Waals surface area contributed by atoms with Crippen molar-refractivity contribution in [2.45, 2.75) is 13.5 Å². The molecular weight excluding hydrogens is 252 g/mol. The number of nitrogens with zero attached hydrogens (tertiary/aromatic N) is 2. The standard InChI is InChI=1S/C11H20N4O4/c1-3-15-9(12)8(10(17)13-11(15)18)14(4-6-16)5-7-19-2/h16H,3-7,12H2,1-2H3,(H,13,17,18). The van der Waals surface area contributed by atoms with Gasteiger partial charge in [-0.15, -0.1) is 0 Å². The van der Waals surface area contributed by atoms with E-state index in [0.717, 1.165) is 0 Å². The molecule has 1 heterocycles. The lowest BCUT2D eigenvalue weighted by molar-refractivity contribution is 0.203. The van der Waals surface area contributed by atoms with Gasteiger partial charge in [-0.05, 0) is 6.92 Å². The van der Waals surface area contributed by atoms with Crippen molar-refractivity contribution in [2.75, 3.05) is 44.0 Å². The summed E-state index contributed by atoms with van der Waals surface area (Å²) < 4.78 is 6.23. The zero-order valence-electron chi connectivity index (χ0n) is 11.2. The van der Waals surface area contributed by atoms with E-state index >= 15 is 0 Å². The fraction of sp³-hybridized carbons (Fsp3) is 0.636. The second-order valence-corrected chi connectivity index (χ2v) is 3.94. The van der Waals surface area contributed by atoms with Crippen LogP contribution in [0, 0.1) is 0 Å². The van der Waals surface area contributed by atoms with Crippen LogP contribution in [0.5, 0.6) is 0 Å². The second-order valence-electron chi connectivity index (χ2n) is 3.94. The Morgan fingerprint density at radius 1 is 1.42 bits per heavy atom. The Morgan fingerprint density at radius 2 is 2.11 bits per heavy atom. The van der Waals surface area contributed by atoms with Crippen LogP contribution >= 0.6 is 0 Å². The lowest BCUT2D eigenvalue weighted by Crippen LogP contribution is -2.40. The Hall–Kier alpha value is -1.80. The number of hydrogen-bond acceptors (Lipinski definition) is 6. The van der Waals surface area contributed by atoms with Crippen molar-refractivity contribution in [3.8, 4) is 0 Å². The molecule has 0 radical (unpaired) electrons. The highest BCUT2D eigenvalue weighted by molar-refractivity contribution is 5.62. The van der Waals surface area contributed by atoms with Crippen LogP contribution in [-0.2, 0) is 11.3 Å². The van der Waals surface area contributed by atoms with Crippen LogP contribution in [0.4, 0.5) is 11.5 Å². The molecule has 0 spiro atoms. The molecule has 0 saturated carbocycles. The molecule has 0 aliphatic heterocycles. The van der Waals surface area contributed by atoms with Gasteiger partial charge in [-0.2, -0.15) is 0 Å². The first-order valence-electron chi connectivity index (χ1n) is 6.04. The molecule has 8 heteroatoms. The number of aromatic nitrogens is 2. The summed E-state index contributed by atoms with van der Waals surface area (Å²) >= 11 is 0. The van der Waals surface area contributed by atoms with Gasteiger partial charge in [0.1, 0.15) is 11.5 Å². The number of nitrogens with one attached hydrogen (secondary N) is 1. The van der Waals surface area contributed by atoms with Crippen molar-refractivity contribution in [3.05, 3.63) is 20.8 Å². The Kier molecular flexibility index (Phi) is 5.58. The van der Waals surface area contributed by atoms with Gasteiger partial charge >= 0.3 is 5.69 Å². The first-order valence-corrected chi connectivity index (χ1v) is 6.04. The first-order chi connectivity index (χ1) is 9.06. The maximum atomic E-state index is 11.9. The summed E-state index contributed by atoms with van der Waals surface area (Å²) in [6.07, 6.45) is 0. The van der Waals surface area contributed by atoms with Gasteiger partial charge in [-0.1, -0.05) is 0 Å². The fourth-order valence-corrected chi connectivity index (χ4v) is 1.85. The molecule has 1 aromatic heterocycles. The summed E-state index contributed by atoms with van der Waals surface area (Å²) in [6, 6.07) is 0. The van der Waals surface area contributed by atoms with E-state index in [9.17, 15) is 9.59 Å². The quantitative estimate of drug-likeness (QED) is 0.561. The van der Waals surface area contributed by atoms with Gasteiger partial charge in [0.05, 0.1) is 13.2 Å². The lowest BCUT2D eigenvalue weighted by atomic mass is 10.3. The van der Waals surface area contributed by atoms with Crippen LogP contribution in [0.2, 0.25) is 0 Å². The maximum absolute atomic E-state index is 11.9. The van der Waals surface area contributed by atoms with Gasteiger partial charge in [0, 0.05) is 26.7 Å². The molecule has 0 unspecified atom stereocenters. The van der Waals surface area contributed by atoms with Crippen LogP contribution < -0.4 is 21.9 Å². The van der Waals surface area contributed by atoms with Crippen LogP contribution in [0.25, 0.3) is 0 Å². The number of anilines is 2. The molecule has 4 N–H and O–H groups in total. The molecule has 0 aromatic carbocycles. The summed E-state index contributed by atoms with van der Waals surface area (Å²) in [5.41, 5.74) is 4.97. The van der Waals surface area contributed by atoms with Gasteiger partial charge in [0.25, 0.3) is 5.56 Å². The topological polar surface area (TPSA) is 114 Å². The Balaban J connectivity index is 3.29. The van der Waals surface area contributed by atoms with Crippen LogP contribution in [-0.4, -0.2) is 48.1 Å². The number of aromatic amines is 1. The third-order valence-electron chi connectivity index (χ3n) is 2.78. The number of rotatable bonds is 7. The van der Waals surface area contributed by atoms with E-state index in [0.29, 0.717) is 19.7 Å². The van der Waals surface area contributed by atoms with Gasteiger partial charge < -0.3 is 20.5 Å². The molecule has 1 aromatic rings. The minimum Gasteiger partial charge on any atom is -0.395 e. The molecule has 0 fully saturated rings. The van der Waals surface area contributed by atoms with E-state index in [1.54, 1.807) is 11.8 Å². The summed E-state index contributed by atoms with van der Waals surface area (Å²) in [7, 11) is 1.54. The molecule has 19 heavy (non-hydrogen) atoms. The average molecular weight is 272 g/mol. The molecule has 0 aliphatic carbocycles. The van der Waals surface area contributed by atoms with Crippen LogP contribution in [0.1, 0.15) is 6.92 Å². The number of nitrogen functional groups attached to an aromatic ring is 1. The second kappa shape index (κ2) is 6.95. The predicted octanol–water partition coefficient (Wildman–Crippen LogP) is -1.42. The Morgan fingerprint density at radius 3 is 2.63 bits per heavy atom. The number of nitrogens with two attached hydrogens (primary N) is 1. The highest BCUT2D eigenvalue weighted by atomic mass is 16.5. The molecule has 0 atom stereocenters. The van der Waals surface area contributed by atoms with Gasteiger partial charge in [-0.25, -0.2) is 4.79 Å². The van der Waals surface area contributed by atoms with E-state index in [-0.39, 0.29) is 24.7 Å². The van der Waals surface area contributed by atoms with Crippen molar-refractivity contribution in [1.29, 1.82) is 0 Å². The van der Waals surface area contributed by atoms with E-state index in [1.807, 2.05) is 0 Å². The van der Waals surface area contributed by atoms with Crippen LogP contribution in [0.15, 0.2) is 9.59 Å². The summed E-state index contributed by atoms with van der Waals surface area (Å²) in [4.78, 5) is 27.3. The average Bonchev–Trinajstić information content (AvgIpc) is 2.35. The number of hydrogen-bond donors (Lipinski definition) is 3. The summed E-state index contributed by atoms with van der Waals surface area (Å²) in [5.74, 6) is 0.0980. The van der Waals surface area contributed by atoms with Gasteiger partial charge in [0.2, 0.25) is 0 Å². The predicted molar refractivity (Wildman–Crippen MR) is 72.6 cm³/mol. The van der Waals surface area contributed by atoms with Crippen molar-refractivity contribution >= 4 is 11.5 Å². The van der Waals surface area contributed by atoms with E-state index in [1.165, 1.54) is 11.7 Å². The molecule has 0 amide bonds. The SMILES string of the molecule is CCn1c(N)c(N(CCO)CCOC)c(=O)[nH]c1=O. The molecular formula is C11H20N4O4. The highest BCUT2D eigenvalue weighted by Crippen LogP contribution is 2.15. The van der Waals surface area contributed by atoms with E-state index in [4.69, 9.17) is 15.6 Å². The van der Waals surface area contributed by atoms with Crippen molar-refractivity contribution in [1.82, 2.24) is 9.55 Å². The zero-order valence-corrected chi connectivity index (χ0v) is 11.2. The van der Waals surface area contributed by atoms with Gasteiger partial charge in [0.15, 0.2) is 0 Å². The minimum atomic E-state index is -0.559. The fourth-order valence-electron chi connectivity index (χ4n) is 1.85. The van der Waals surface area contributed by atoms with Crippen molar-refractivity contribution in [3.63, 3.8) is 0 Å². The molecule has 0 aliphatic rings. The largest absolute Gasteiger partial charge is 0.395 e. The number of methoxy groups -OCH3 is 1. The minimum absolute atomic E-state index is 0.0980. The van der Waals surface area contributed by atoms with Gasteiger partial charge in [-0.3, -0.25) is 14.3 Å². The van der Waals surface area contributed by atoms with Crippen LogP contribution in [0.3, 0.4) is 0 Å². The normalized spacial score (nSPS) is 10.7. The smallest absolute Gasteiger partial charge is 0.330 e. The molecule has 8 nitrogen and oxygen atoms in total. The molecule has 108 valence electrons. The molecule has 0 saturated heterocycles. The maximum Gasteiger partial charge on any atom is 0.330 e. The number of aliphatic hydroxyl groups is 1. The zero-order chi connectivity index (χ0) is 14.4. The van der Waals surface area contributed by atoms with Crippen molar-refractivity contribution < 1.29 is 9.84 Å². The molecule has 1 rings (SSSR count). The summed E-state index contributed by atoms with van der Waals surface area (Å²) in [5, 5.41) is 9.06. The van der Waals surface area contributed by atoms with E-state index in [2.05, 4.69) is 4.98 Å². The third-order valence-corrected chi connectivity index (χ3v) is 2.78. The monoisotopic (exact) mass is 272 g/mol. The third kappa shape index (κ3) is 3.36. The highest BCUT2D eigenvalue weighted by Gasteiger charge is 2.17. The summed E-state index contributed by atoms with van der Waals surface area (Å²) in [6.45, 7) is 2.99. The van der Waals surface area contributed by atoms with E-state index < -0.39 is 11.2 Å². The van der Waals surface area contributed by atoms with Crippen molar-refractivity contribution in [2.24, 2.45) is 0 Å². The lowest BCUT2D eigenvalue weighted by Gasteiger charge is -2.24. The Labute approximate surface area is 110 Å². The first kappa shape index (κ1) is 15.3.